The Labute approximate surface area is 140 Å². The van der Waals surface area contributed by atoms with Gasteiger partial charge in [-0.3, -0.25) is 14.9 Å². The molecule has 1 aliphatic carbocycles. The molecule has 132 valence electrons. The van der Waals surface area contributed by atoms with Crippen molar-refractivity contribution in [2.75, 3.05) is 13.1 Å². The second-order valence-corrected chi connectivity index (χ2v) is 6.74. The molecule has 2 heterocycles. The molecule has 2 amide bonds. The van der Waals surface area contributed by atoms with E-state index in [-0.39, 0.29) is 36.8 Å². The number of nitrogens with one attached hydrogen (secondary N) is 2. The third kappa shape index (κ3) is 4.32. The van der Waals surface area contributed by atoms with Crippen molar-refractivity contribution >= 4 is 24.2 Å². The summed E-state index contributed by atoms with van der Waals surface area (Å²) < 4.78 is 26.3. The summed E-state index contributed by atoms with van der Waals surface area (Å²) in [4.78, 5) is 26.0. The largest absolute Gasteiger partial charge is 0.350 e. The second-order valence-electron chi connectivity index (χ2n) is 6.74. The molecule has 5 nitrogen and oxygen atoms in total. The molecule has 3 rings (SSSR count). The first-order valence-electron chi connectivity index (χ1n) is 8.16. The monoisotopic (exact) mass is 351 g/mol. The van der Waals surface area contributed by atoms with Crippen molar-refractivity contribution in [1.82, 2.24) is 15.5 Å². The van der Waals surface area contributed by atoms with Gasteiger partial charge in [0.05, 0.1) is 18.6 Å². The molecular formula is C15H24ClF2N3O2. The predicted octanol–water partition coefficient (Wildman–Crippen LogP) is 1.46. The molecule has 3 fully saturated rings. The molecule has 0 radical (unpaired) electrons. The molecule has 0 aromatic heterocycles. The summed E-state index contributed by atoms with van der Waals surface area (Å²) in [7, 11) is 0. The molecule has 0 bridgehead atoms. The number of rotatable bonds is 3. The van der Waals surface area contributed by atoms with E-state index in [2.05, 4.69) is 10.6 Å². The van der Waals surface area contributed by atoms with Crippen molar-refractivity contribution < 1.29 is 18.4 Å². The SMILES string of the molecule is Cl.O=C(NC1CC(=O)N(C2CCCCC2)C1)C1CC(F)(F)CN1. The average molecular weight is 352 g/mol. The van der Waals surface area contributed by atoms with Gasteiger partial charge in [-0.1, -0.05) is 19.3 Å². The van der Waals surface area contributed by atoms with Gasteiger partial charge in [-0.25, -0.2) is 8.78 Å². The fourth-order valence-electron chi connectivity index (χ4n) is 3.78. The second kappa shape index (κ2) is 7.30. The number of alkyl halides is 2. The van der Waals surface area contributed by atoms with Gasteiger partial charge in [0, 0.05) is 25.4 Å². The first-order valence-corrected chi connectivity index (χ1v) is 8.16. The van der Waals surface area contributed by atoms with Crippen LogP contribution in [0.15, 0.2) is 0 Å². The fourth-order valence-corrected chi connectivity index (χ4v) is 3.78. The summed E-state index contributed by atoms with van der Waals surface area (Å²) in [5, 5.41) is 5.31. The van der Waals surface area contributed by atoms with Crippen molar-refractivity contribution in [3.8, 4) is 0 Å². The molecule has 2 N–H and O–H groups in total. The summed E-state index contributed by atoms with van der Waals surface area (Å²) >= 11 is 0. The zero-order valence-corrected chi connectivity index (χ0v) is 13.8. The number of hydrogen-bond donors (Lipinski definition) is 2. The molecule has 2 aliphatic heterocycles. The quantitative estimate of drug-likeness (QED) is 0.809. The Morgan fingerprint density at radius 3 is 2.57 bits per heavy atom. The van der Waals surface area contributed by atoms with E-state index < -0.39 is 30.8 Å². The third-order valence-electron chi connectivity index (χ3n) is 4.95. The molecule has 23 heavy (non-hydrogen) atoms. The lowest BCUT2D eigenvalue weighted by molar-refractivity contribution is -0.130. The number of carbonyl (C=O) groups is 2. The van der Waals surface area contributed by atoms with Crippen LogP contribution in [0.25, 0.3) is 0 Å². The predicted molar refractivity (Wildman–Crippen MR) is 83.7 cm³/mol. The van der Waals surface area contributed by atoms with Gasteiger partial charge in [-0.15, -0.1) is 12.4 Å². The fraction of sp³-hybridized carbons (Fsp3) is 0.867. The summed E-state index contributed by atoms with van der Waals surface area (Å²) in [6.07, 6.45) is 5.39. The van der Waals surface area contributed by atoms with Gasteiger partial charge >= 0.3 is 0 Å². The zero-order chi connectivity index (χ0) is 15.7. The molecule has 1 saturated carbocycles. The van der Waals surface area contributed by atoms with Crippen molar-refractivity contribution in [2.24, 2.45) is 0 Å². The van der Waals surface area contributed by atoms with Crippen molar-refractivity contribution in [3.63, 3.8) is 0 Å². The summed E-state index contributed by atoms with van der Waals surface area (Å²) in [5.41, 5.74) is 0. The first kappa shape index (κ1) is 18.4. The highest BCUT2D eigenvalue weighted by Gasteiger charge is 2.43. The van der Waals surface area contributed by atoms with Crippen LogP contribution in [0.1, 0.15) is 44.9 Å². The van der Waals surface area contributed by atoms with Crippen molar-refractivity contribution in [1.29, 1.82) is 0 Å². The molecule has 3 aliphatic rings. The van der Waals surface area contributed by atoms with Gasteiger partial charge in [0.1, 0.15) is 0 Å². The van der Waals surface area contributed by atoms with Crippen LogP contribution in [0, 0.1) is 0 Å². The van der Waals surface area contributed by atoms with E-state index >= 15 is 0 Å². The first-order chi connectivity index (χ1) is 10.4. The van der Waals surface area contributed by atoms with Gasteiger partial charge in [-0.2, -0.15) is 0 Å². The van der Waals surface area contributed by atoms with E-state index in [1.807, 2.05) is 4.90 Å². The maximum absolute atomic E-state index is 13.1. The highest BCUT2D eigenvalue weighted by molar-refractivity contribution is 5.85. The number of halogens is 3. The van der Waals surface area contributed by atoms with Crippen LogP contribution in [0.3, 0.4) is 0 Å². The average Bonchev–Trinajstić information content (AvgIpc) is 3.02. The lowest BCUT2D eigenvalue weighted by atomic mass is 9.94. The van der Waals surface area contributed by atoms with Crippen LogP contribution in [-0.4, -0.2) is 53.9 Å². The Kier molecular flexibility index (Phi) is 5.84. The maximum atomic E-state index is 13.1. The summed E-state index contributed by atoms with van der Waals surface area (Å²) in [6.45, 7) is 0.0568. The number of likely N-dealkylation sites (tertiary alicyclic amines) is 1. The van der Waals surface area contributed by atoms with Gasteiger partial charge in [0.15, 0.2) is 0 Å². The van der Waals surface area contributed by atoms with E-state index in [1.165, 1.54) is 6.42 Å². The number of hydrogen-bond acceptors (Lipinski definition) is 3. The van der Waals surface area contributed by atoms with E-state index in [4.69, 9.17) is 0 Å². The highest BCUT2D eigenvalue weighted by Crippen LogP contribution is 2.27. The minimum absolute atomic E-state index is 0. The molecule has 0 spiro atoms. The smallest absolute Gasteiger partial charge is 0.262 e. The molecular weight excluding hydrogens is 328 g/mol. The summed E-state index contributed by atoms with van der Waals surface area (Å²) in [5.74, 6) is -3.16. The van der Waals surface area contributed by atoms with Crippen LogP contribution in [-0.2, 0) is 9.59 Å². The van der Waals surface area contributed by atoms with E-state index in [0.717, 1.165) is 25.7 Å². The Bertz CT molecular complexity index is 458. The lowest BCUT2D eigenvalue weighted by Crippen LogP contribution is -2.47. The molecule has 8 heteroatoms. The van der Waals surface area contributed by atoms with Crippen LogP contribution in [0.5, 0.6) is 0 Å². The minimum Gasteiger partial charge on any atom is -0.350 e. The molecule has 2 atom stereocenters. The van der Waals surface area contributed by atoms with E-state index in [0.29, 0.717) is 6.54 Å². The van der Waals surface area contributed by atoms with Gasteiger partial charge in [0.2, 0.25) is 11.8 Å². The Balaban J connectivity index is 0.00000192. The minimum atomic E-state index is -2.82. The Hall–Kier alpha value is -0.950. The van der Waals surface area contributed by atoms with Crippen LogP contribution < -0.4 is 10.6 Å². The highest BCUT2D eigenvalue weighted by atomic mass is 35.5. The summed E-state index contributed by atoms with van der Waals surface area (Å²) in [6, 6.07) is -0.816. The molecule has 2 unspecified atom stereocenters. The number of nitrogens with zero attached hydrogens (tertiary/aromatic N) is 1. The van der Waals surface area contributed by atoms with Crippen molar-refractivity contribution in [3.05, 3.63) is 0 Å². The third-order valence-corrected chi connectivity index (χ3v) is 4.95. The van der Waals surface area contributed by atoms with Crippen LogP contribution >= 0.6 is 12.4 Å². The zero-order valence-electron chi connectivity index (χ0n) is 13.0. The van der Waals surface area contributed by atoms with E-state index in [9.17, 15) is 18.4 Å². The van der Waals surface area contributed by atoms with Gasteiger partial charge < -0.3 is 10.2 Å². The lowest BCUT2D eigenvalue weighted by Gasteiger charge is -2.31. The van der Waals surface area contributed by atoms with Crippen LogP contribution in [0.4, 0.5) is 8.78 Å². The van der Waals surface area contributed by atoms with E-state index in [1.54, 1.807) is 0 Å². The normalized spacial score (nSPS) is 31.0. The van der Waals surface area contributed by atoms with Gasteiger partial charge in [0.25, 0.3) is 5.92 Å². The molecule has 0 aromatic rings. The topological polar surface area (TPSA) is 61.4 Å². The molecule has 0 aromatic carbocycles. The Morgan fingerprint density at radius 2 is 1.96 bits per heavy atom. The Morgan fingerprint density at radius 1 is 1.26 bits per heavy atom. The maximum Gasteiger partial charge on any atom is 0.262 e. The number of amides is 2. The number of carbonyl (C=O) groups excluding carboxylic acids is 2. The standard InChI is InChI=1S/C15H23F2N3O2.ClH/c16-15(17)7-12(18-9-15)14(22)19-10-6-13(21)20(8-10)11-4-2-1-3-5-11;/h10-12,18H,1-9H2,(H,19,22);1H. The van der Waals surface area contributed by atoms with Crippen LogP contribution in [0.2, 0.25) is 0 Å². The molecule has 2 saturated heterocycles. The van der Waals surface area contributed by atoms with Crippen molar-refractivity contribution in [2.45, 2.75) is 69.0 Å². The van der Waals surface area contributed by atoms with Gasteiger partial charge in [-0.05, 0) is 12.8 Å².